The summed E-state index contributed by atoms with van der Waals surface area (Å²) in [6, 6.07) is 2.11. The van der Waals surface area contributed by atoms with Crippen molar-refractivity contribution < 1.29 is 9.59 Å². The van der Waals surface area contributed by atoms with Gasteiger partial charge in [-0.3, -0.25) is 9.59 Å². The largest absolute Gasteiger partial charge is 0.341 e. The van der Waals surface area contributed by atoms with E-state index < -0.39 is 0 Å². The quantitative estimate of drug-likeness (QED) is 0.799. The maximum Gasteiger partial charge on any atom is 0.263 e. The molecule has 1 fully saturated rings. The van der Waals surface area contributed by atoms with E-state index >= 15 is 0 Å². The molecule has 0 saturated carbocycles. The Kier molecular flexibility index (Phi) is 4.29. The molecule has 0 aromatic carbocycles. The van der Waals surface area contributed by atoms with Gasteiger partial charge in [0.25, 0.3) is 5.91 Å². The van der Waals surface area contributed by atoms with E-state index in [1.807, 2.05) is 9.80 Å². The maximum absolute atomic E-state index is 12.7. The van der Waals surface area contributed by atoms with Crippen molar-refractivity contribution in [1.82, 2.24) is 9.80 Å². The Bertz CT molecular complexity index is 529. The highest BCUT2D eigenvalue weighted by atomic mass is 32.1. The van der Waals surface area contributed by atoms with Crippen molar-refractivity contribution in [3.05, 3.63) is 21.4 Å². The molecule has 5 heteroatoms. The molecule has 0 atom stereocenters. The smallest absolute Gasteiger partial charge is 0.263 e. The molecule has 21 heavy (non-hydrogen) atoms. The van der Waals surface area contributed by atoms with Crippen LogP contribution < -0.4 is 0 Å². The van der Waals surface area contributed by atoms with Crippen LogP contribution in [0, 0.1) is 0 Å². The van der Waals surface area contributed by atoms with Gasteiger partial charge in [0.15, 0.2) is 0 Å². The van der Waals surface area contributed by atoms with Crippen LogP contribution in [0.3, 0.4) is 0 Å². The standard InChI is InChI=1S/C16H22N2O2S/c1-12(19)17-7-4-8-18(10-9-17)16(20)15-11-13-5-2-3-6-14(13)21-15/h11H,2-10H2,1H3. The Balaban J connectivity index is 1.70. The van der Waals surface area contributed by atoms with E-state index in [2.05, 4.69) is 6.07 Å². The van der Waals surface area contributed by atoms with Crippen LogP contribution in [0.2, 0.25) is 0 Å². The number of carbonyl (C=O) groups is 2. The van der Waals surface area contributed by atoms with Crippen LogP contribution >= 0.6 is 11.3 Å². The second-order valence-corrected chi connectivity index (χ2v) is 7.05. The van der Waals surface area contributed by atoms with E-state index in [9.17, 15) is 9.59 Å². The van der Waals surface area contributed by atoms with E-state index in [0.717, 1.165) is 37.2 Å². The first-order chi connectivity index (χ1) is 10.1. The molecule has 1 aromatic heterocycles. The van der Waals surface area contributed by atoms with E-state index in [4.69, 9.17) is 0 Å². The number of amides is 2. The van der Waals surface area contributed by atoms with E-state index in [0.29, 0.717) is 13.1 Å². The third kappa shape index (κ3) is 3.12. The van der Waals surface area contributed by atoms with Crippen molar-refractivity contribution in [2.75, 3.05) is 26.2 Å². The number of hydrogen-bond donors (Lipinski definition) is 0. The summed E-state index contributed by atoms with van der Waals surface area (Å²) >= 11 is 1.68. The van der Waals surface area contributed by atoms with Gasteiger partial charge in [0.1, 0.15) is 0 Å². The number of rotatable bonds is 1. The molecule has 2 heterocycles. The van der Waals surface area contributed by atoms with E-state index in [1.54, 1.807) is 18.3 Å². The van der Waals surface area contributed by atoms with Gasteiger partial charge in [0, 0.05) is 38.0 Å². The summed E-state index contributed by atoms with van der Waals surface area (Å²) < 4.78 is 0. The number of aryl methyl sites for hydroxylation is 2. The fourth-order valence-corrected chi connectivity index (χ4v) is 4.41. The SMILES string of the molecule is CC(=O)N1CCCN(C(=O)c2cc3c(s2)CCCC3)CC1. The molecule has 0 bridgehead atoms. The molecular weight excluding hydrogens is 284 g/mol. The summed E-state index contributed by atoms with van der Waals surface area (Å²) in [4.78, 5) is 30.2. The summed E-state index contributed by atoms with van der Waals surface area (Å²) in [7, 11) is 0. The second kappa shape index (κ2) is 6.18. The third-order valence-corrected chi connectivity index (χ3v) is 5.66. The molecule has 3 rings (SSSR count). The van der Waals surface area contributed by atoms with Gasteiger partial charge >= 0.3 is 0 Å². The summed E-state index contributed by atoms with van der Waals surface area (Å²) in [6.45, 7) is 4.43. The Hall–Kier alpha value is -1.36. The van der Waals surface area contributed by atoms with Gasteiger partial charge in [-0.2, -0.15) is 0 Å². The molecule has 1 aliphatic carbocycles. The molecule has 2 aliphatic rings. The molecule has 4 nitrogen and oxygen atoms in total. The van der Waals surface area contributed by atoms with Gasteiger partial charge < -0.3 is 9.80 Å². The van der Waals surface area contributed by atoms with Gasteiger partial charge in [0.2, 0.25) is 5.91 Å². The summed E-state index contributed by atoms with van der Waals surface area (Å²) in [6.07, 6.45) is 5.62. The number of fused-ring (bicyclic) bond motifs is 1. The van der Waals surface area contributed by atoms with Gasteiger partial charge in [-0.15, -0.1) is 11.3 Å². The van der Waals surface area contributed by atoms with Crippen LogP contribution in [0.4, 0.5) is 0 Å². The van der Waals surface area contributed by atoms with Crippen LogP contribution in [0.15, 0.2) is 6.07 Å². The fraction of sp³-hybridized carbons (Fsp3) is 0.625. The maximum atomic E-state index is 12.7. The molecule has 0 unspecified atom stereocenters. The van der Waals surface area contributed by atoms with Crippen molar-refractivity contribution in [2.45, 2.75) is 39.0 Å². The first kappa shape index (κ1) is 14.6. The zero-order valence-electron chi connectivity index (χ0n) is 12.6. The summed E-state index contributed by atoms with van der Waals surface area (Å²) in [5, 5.41) is 0. The van der Waals surface area contributed by atoms with Crippen LogP contribution in [-0.2, 0) is 17.6 Å². The third-order valence-electron chi connectivity index (χ3n) is 4.44. The predicted molar refractivity (Wildman–Crippen MR) is 83.7 cm³/mol. The summed E-state index contributed by atoms with van der Waals surface area (Å²) in [5.74, 6) is 0.260. The van der Waals surface area contributed by atoms with Gasteiger partial charge in [-0.25, -0.2) is 0 Å². The Morgan fingerprint density at radius 3 is 2.48 bits per heavy atom. The fourth-order valence-electron chi connectivity index (χ4n) is 3.19. The molecular formula is C16H22N2O2S. The molecule has 1 saturated heterocycles. The molecule has 1 aromatic rings. The van der Waals surface area contributed by atoms with Crippen LogP contribution in [0.1, 0.15) is 46.3 Å². The number of carbonyl (C=O) groups excluding carboxylic acids is 2. The predicted octanol–water partition coefficient (Wildman–Crippen LogP) is 2.32. The lowest BCUT2D eigenvalue weighted by atomic mass is 9.99. The minimum atomic E-state index is 0.107. The molecule has 114 valence electrons. The van der Waals surface area contributed by atoms with Crippen LogP contribution in [0.25, 0.3) is 0 Å². The van der Waals surface area contributed by atoms with Gasteiger partial charge in [0.05, 0.1) is 4.88 Å². The van der Waals surface area contributed by atoms with E-state index in [-0.39, 0.29) is 11.8 Å². The topological polar surface area (TPSA) is 40.6 Å². The molecule has 0 spiro atoms. The molecule has 0 radical (unpaired) electrons. The molecule has 1 aliphatic heterocycles. The van der Waals surface area contributed by atoms with Crippen molar-refractivity contribution in [3.8, 4) is 0 Å². The normalized spacial score (nSPS) is 19.1. The van der Waals surface area contributed by atoms with Crippen molar-refractivity contribution >= 4 is 23.2 Å². The molecule has 2 amide bonds. The highest BCUT2D eigenvalue weighted by Crippen LogP contribution is 2.30. The monoisotopic (exact) mass is 306 g/mol. The Morgan fingerprint density at radius 1 is 1.00 bits per heavy atom. The number of thiophene rings is 1. The summed E-state index contributed by atoms with van der Waals surface area (Å²) in [5.41, 5.74) is 1.38. The first-order valence-electron chi connectivity index (χ1n) is 7.81. The van der Waals surface area contributed by atoms with Crippen molar-refractivity contribution in [1.29, 1.82) is 0 Å². The highest BCUT2D eigenvalue weighted by Gasteiger charge is 2.24. The number of hydrogen-bond acceptors (Lipinski definition) is 3. The van der Waals surface area contributed by atoms with E-state index in [1.165, 1.54) is 23.3 Å². The minimum Gasteiger partial charge on any atom is -0.341 e. The minimum absolute atomic E-state index is 0.107. The lowest BCUT2D eigenvalue weighted by Crippen LogP contribution is -2.36. The van der Waals surface area contributed by atoms with Crippen LogP contribution in [0.5, 0.6) is 0 Å². The first-order valence-corrected chi connectivity index (χ1v) is 8.63. The van der Waals surface area contributed by atoms with Crippen molar-refractivity contribution in [2.24, 2.45) is 0 Å². The lowest BCUT2D eigenvalue weighted by molar-refractivity contribution is -0.128. The lowest BCUT2D eigenvalue weighted by Gasteiger charge is -2.20. The van der Waals surface area contributed by atoms with Crippen molar-refractivity contribution in [3.63, 3.8) is 0 Å². The average molecular weight is 306 g/mol. The zero-order valence-corrected chi connectivity index (χ0v) is 13.4. The Labute approximate surface area is 129 Å². The van der Waals surface area contributed by atoms with Gasteiger partial charge in [-0.05, 0) is 43.7 Å². The van der Waals surface area contributed by atoms with Crippen LogP contribution in [-0.4, -0.2) is 47.8 Å². The molecule has 0 N–H and O–H groups in total. The van der Waals surface area contributed by atoms with Gasteiger partial charge in [-0.1, -0.05) is 0 Å². The highest BCUT2D eigenvalue weighted by molar-refractivity contribution is 7.14. The Morgan fingerprint density at radius 2 is 1.71 bits per heavy atom. The second-order valence-electron chi connectivity index (χ2n) is 5.92. The zero-order chi connectivity index (χ0) is 14.8. The number of nitrogens with zero attached hydrogens (tertiary/aromatic N) is 2. The average Bonchev–Trinajstić information content (AvgIpc) is 2.75.